The van der Waals surface area contributed by atoms with Crippen molar-refractivity contribution in [2.24, 2.45) is 0 Å². The Kier molecular flexibility index (Phi) is 7.19. The molecule has 2 aromatic carbocycles. The van der Waals surface area contributed by atoms with Crippen LogP contribution in [0.4, 0.5) is 5.69 Å². The number of benzene rings is 2. The number of thioether (sulfide) groups is 1. The van der Waals surface area contributed by atoms with Crippen LogP contribution >= 0.6 is 23.4 Å². The van der Waals surface area contributed by atoms with Gasteiger partial charge in [0.15, 0.2) is 11.8 Å². The number of carbonyl (C=O) groups excluding carboxylic acids is 2. The van der Waals surface area contributed by atoms with Crippen molar-refractivity contribution in [1.29, 1.82) is 0 Å². The highest BCUT2D eigenvalue weighted by Crippen LogP contribution is 2.30. The molecule has 0 atom stereocenters. The van der Waals surface area contributed by atoms with Crippen LogP contribution in [-0.2, 0) is 9.53 Å². The van der Waals surface area contributed by atoms with Crippen molar-refractivity contribution >= 4 is 40.9 Å². The van der Waals surface area contributed by atoms with Crippen LogP contribution in [0.1, 0.15) is 21.7 Å². The third-order valence-electron chi connectivity index (χ3n) is 4.43. The minimum absolute atomic E-state index is 0.327. The van der Waals surface area contributed by atoms with E-state index in [1.54, 1.807) is 36.4 Å². The molecule has 0 spiro atoms. The molecule has 0 aliphatic carbocycles. The van der Waals surface area contributed by atoms with E-state index in [0.29, 0.717) is 22.0 Å². The number of hydrogen-bond acceptors (Lipinski definition) is 7. The molecule has 10 heteroatoms. The van der Waals surface area contributed by atoms with Crippen molar-refractivity contribution in [3.05, 3.63) is 58.4 Å². The summed E-state index contributed by atoms with van der Waals surface area (Å²) in [6.45, 7) is 3.22. The smallest absolute Gasteiger partial charge is 0.338 e. The first-order valence-electron chi connectivity index (χ1n) is 9.21. The molecule has 0 aliphatic rings. The number of methoxy groups -OCH3 is 1. The predicted molar refractivity (Wildman–Crippen MR) is 120 cm³/mol. The monoisotopic (exact) mass is 460 g/mol. The van der Waals surface area contributed by atoms with Crippen LogP contribution in [0, 0.1) is 13.8 Å². The normalized spacial score (nSPS) is 10.6. The fraction of sp³-hybridized carbons (Fsp3) is 0.238. The van der Waals surface area contributed by atoms with Crippen molar-refractivity contribution in [2.75, 3.05) is 25.3 Å². The first-order chi connectivity index (χ1) is 14.8. The van der Waals surface area contributed by atoms with E-state index >= 15 is 0 Å². The van der Waals surface area contributed by atoms with E-state index in [1.807, 2.05) is 24.7 Å². The van der Waals surface area contributed by atoms with E-state index in [0.717, 1.165) is 22.2 Å². The Bertz CT molecular complexity index is 1120. The molecule has 0 fully saturated rings. The molecule has 162 valence electrons. The molecule has 0 unspecified atom stereocenters. The molecule has 3 aromatic rings. The summed E-state index contributed by atoms with van der Waals surface area (Å²) in [6, 6.07) is 10.1. The second kappa shape index (κ2) is 9.84. The van der Waals surface area contributed by atoms with Gasteiger partial charge in [0.1, 0.15) is 11.6 Å². The molecule has 1 heterocycles. The minimum atomic E-state index is -0.605. The van der Waals surface area contributed by atoms with Crippen LogP contribution in [0.15, 0.2) is 41.6 Å². The molecular formula is C21H21ClN4O4S. The fourth-order valence-electron chi connectivity index (χ4n) is 2.85. The van der Waals surface area contributed by atoms with Crippen LogP contribution in [0.5, 0.6) is 5.75 Å². The maximum absolute atomic E-state index is 12.3. The summed E-state index contributed by atoms with van der Waals surface area (Å²) < 4.78 is 12.2. The lowest BCUT2D eigenvalue weighted by molar-refractivity contribution is -0.119. The van der Waals surface area contributed by atoms with Gasteiger partial charge in [0.25, 0.3) is 5.91 Å². The molecule has 0 saturated carbocycles. The maximum Gasteiger partial charge on any atom is 0.338 e. The van der Waals surface area contributed by atoms with Crippen LogP contribution in [0.2, 0.25) is 5.02 Å². The molecule has 0 radical (unpaired) electrons. The van der Waals surface area contributed by atoms with Crippen LogP contribution in [0.25, 0.3) is 5.69 Å². The van der Waals surface area contributed by atoms with Gasteiger partial charge in [-0.3, -0.25) is 9.36 Å². The average molecular weight is 461 g/mol. The second-order valence-electron chi connectivity index (χ2n) is 6.54. The Morgan fingerprint density at radius 3 is 2.52 bits per heavy atom. The van der Waals surface area contributed by atoms with Gasteiger partial charge >= 0.3 is 5.97 Å². The lowest BCUT2D eigenvalue weighted by Gasteiger charge is -2.12. The van der Waals surface area contributed by atoms with Gasteiger partial charge < -0.3 is 14.8 Å². The number of nitrogens with one attached hydrogen (secondary N) is 1. The summed E-state index contributed by atoms with van der Waals surface area (Å²) in [5.74, 6) is 0.0604. The lowest BCUT2D eigenvalue weighted by atomic mass is 10.2. The van der Waals surface area contributed by atoms with Crippen LogP contribution in [0.3, 0.4) is 0 Å². The molecule has 1 amide bonds. The maximum atomic E-state index is 12.3. The van der Waals surface area contributed by atoms with E-state index in [4.69, 9.17) is 21.1 Å². The fourth-order valence-corrected chi connectivity index (χ4v) is 3.55. The molecule has 3 rings (SSSR count). The zero-order valence-electron chi connectivity index (χ0n) is 17.4. The van der Waals surface area contributed by atoms with Crippen molar-refractivity contribution in [1.82, 2.24) is 14.8 Å². The number of aromatic nitrogens is 3. The second-order valence-corrected chi connectivity index (χ2v) is 7.72. The van der Waals surface area contributed by atoms with Gasteiger partial charge in [-0.05, 0) is 56.0 Å². The standard InChI is InChI=1S/C21H21ClN4O4S/c1-12-9-17(18(29-3)10-16(12)22)23-19(27)11-30-20(28)14-5-7-15(8-6-14)26-13(2)24-25-21(26)31-4/h5-10H,11H2,1-4H3,(H,23,27). The number of hydrogen-bond donors (Lipinski definition) is 1. The third-order valence-corrected chi connectivity index (χ3v) is 5.46. The van der Waals surface area contributed by atoms with Crippen molar-refractivity contribution in [3.63, 3.8) is 0 Å². The number of aryl methyl sites for hydroxylation is 2. The van der Waals surface area contributed by atoms with Gasteiger partial charge in [0.2, 0.25) is 0 Å². The molecule has 8 nitrogen and oxygen atoms in total. The number of amides is 1. The number of nitrogens with zero attached hydrogens (tertiary/aromatic N) is 3. The Balaban J connectivity index is 1.63. The highest BCUT2D eigenvalue weighted by Gasteiger charge is 2.15. The van der Waals surface area contributed by atoms with Crippen LogP contribution in [-0.4, -0.2) is 46.6 Å². The first-order valence-corrected chi connectivity index (χ1v) is 10.8. The molecule has 0 saturated heterocycles. The zero-order valence-corrected chi connectivity index (χ0v) is 19.0. The zero-order chi connectivity index (χ0) is 22.5. The highest BCUT2D eigenvalue weighted by atomic mass is 35.5. The number of rotatable bonds is 7. The van der Waals surface area contributed by atoms with Gasteiger partial charge in [0.05, 0.1) is 18.4 Å². The van der Waals surface area contributed by atoms with Gasteiger partial charge in [0, 0.05) is 16.8 Å². The number of ether oxygens (including phenoxy) is 2. The summed E-state index contributed by atoms with van der Waals surface area (Å²) in [6.07, 6.45) is 1.91. The van der Waals surface area contributed by atoms with E-state index in [-0.39, 0.29) is 0 Å². The van der Waals surface area contributed by atoms with Gasteiger partial charge in [-0.2, -0.15) is 0 Å². The largest absolute Gasteiger partial charge is 0.495 e. The molecule has 0 aliphatic heterocycles. The molecule has 0 bridgehead atoms. The Labute approximate surface area is 188 Å². The quantitative estimate of drug-likeness (QED) is 0.419. The molecular weight excluding hydrogens is 440 g/mol. The van der Waals surface area contributed by atoms with E-state index in [9.17, 15) is 9.59 Å². The number of carbonyl (C=O) groups is 2. The predicted octanol–water partition coefficient (Wildman–Crippen LogP) is 4.06. The number of esters is 1. The summed E-state index contributed by atoms with van der Waals surface area (Å²) in [4.78, 5) is 24.6. The summed E-state index contributed by atoms with van der Waals surface area (Å²) in [7, 11) is 1.48. The topological polar surface area (TPSA) is 95.3 Å². The van der Waals surface area contributed by atoms with Crippen molar-refractivity contribution in [3.8, 4) is 11.4 Å². The van der Waals surface area contributed by atoms with Crippen molar-refractivity contribution in [2.45, 2.75) is 19.0 Å². The highest BCUT2D eigenvalue weighted by molar-refractivity contribution is 7.98. The molecule has 31 heavy (non-hydrogen) atoms. The Morgan fingerprint density at radius 1 is 1.16 bits per heavy atom. The lowest BCUT2D eigenvalue weighted by Crippen LogP contribution is -2.21. The summed E-state index contributed by atoms with van der Waals surface area (Å²) in [5.41, 5.74) is 2.38. The Morgan fingerprint density at radius 2 is 1.87 bits per heavy atom. The molecule has 1 aromatic heterocycles. The third kappa shape index (κ3) is 5.18. The van der Waals surface area contributed by atoms with Crippen molar-refractivity contribution < 1.29 is 19.1 Å². The summed E-state index contributed by atoms with van der Waals surface area (Å²) >= 11 is 7.54. The first kappa shape index (κ1) is 22.6. The van der Waals surface area contributed by atoms with Gasteiger partial charge in [-0.15, -0.1) is 10.2 Å². The van der Waals surface area contributed by atoms with E-state index in [2.05, 4.69) is 15.5 Å². The summed E-state index contributed by atoms with van der Waals surface area (Å²) in [5, 5.41) is 12.1. The average Bonchev–Trinajstić information content (AvgIpc) is 3.15. The van der Waals surface area contributed by atoms with E-state index < -0.39 is 18.5 Å². The Hall–Kier alpha value is -3.04. The minimum Gasteiger partial charge on any atom is -0.495 e. The van der Waals surface area contributed by atoms with Crippen LogP contribution < -0.4 is 10.1 Å². The van der Waals surface area contributed by atoms with Gasteiger partial charge in [-0.1, -0.05) is 23.4 Å². The SMILES string of the molecule is COc1cc(Cl)c(C)cc1NC(=O)COC(=O)c1ccc(-n2c(C)nnc2SC)cc1. The molecule has 1 N–H and O–H groups in total. The number of halogens is 1. The van der Waals surface area contributed by atoms with Gasteiger partial charge in [-0.25, -0.2) is 4.79 Å². The van der Waals surface area contributed by atoms with E-state index in [1.165, 1.54) is 18.9 Å². The number of anilines is 1.